The van der Waals surface area contributed by atoms with Crippen molar-refractivity contribution in [2.45, 2.75) is 90.6 Å². The van der Waals surface area contributed by atoms with E-state index in [1.54, 1.807) is 34.1 Å². The van der Waals surface area contributed by atoms with E-state index < -0.39 is 16.1 Å². The highest BCUT2D eigenvalue weighted by atomic mass is 35.5. The lowest BCUT2D eigenvalue weighted by atomic mass is 10.1. The maximum atomic E-state index is 12.0. The molecule has 254 valence electrons. The van der Waals surface area contributed by atoms with Crippen LogP contribution in [0.1, 0.15) is 67.2 Å². The number of nitrogens with zero attached hydrogens (tertiary/aromatic N) is 3. The fourth-order valence-electron chi connectivity index (χ4n) is 4.68. The lowest BCUT2D eigenvalue weighted by molar-refractivity contribution is -0.386. The summed E-state index contributed by atoms with van der Waals surface area (Å²) in [5, 5.41) is 12.0. The molecule has 2 aliphatic heterocycles. The van der Waals surface area contributed by atoms with Crippen molar-refractivity contribution >= 4 is 46.8 Å². The Kier molecular flexibility index (Phi) is 12.6. The highest BCUT2D eigenvalue weighted by Crippen LogP contribution is 2.32. The molecular formula is C32H44Cl2N4O8. The van der Waals surface area contributed by atoms with Crippen LogP contribution in [-0.4, -0.2) is 76.5 Å². The Labute approximate surface area is 280 Å². The quantitative estimate of drug-likeness (QED) is 0.190. The molecule has 0 bridgehead atoms. The molecule has 2 aromatic rings. The third-order valence-corrected chi connectivity index (χ3v) is 7.33. The van der Waals surface area contributed by atoms with Crippen LogP contribution in [0.25, 0.3) is 0 Å². The molecule has 4 rings (SSSR count). The van der Waals surface area contributed by atoms with Crippen molar-refractivity contribution in [2.24, 2.45) is 0 Å². The number of carbonyl (C=O) groups is 2. The number of piperidine rings is 2. The number of hydrogen-bond acceptors (Lipinski definition) is 9. The number of hydrogen-bond donors (Lipinski definition) is 1. The van der Waals surface area contributed by atoms with Gasteiger partial charge in [-0.3, -0.25) is 10.1 Å². The smallest absolute Gasteiger partial charge is 0.410 e. The molecule has 0 saturated carbocycles. The van der Waals surface area contributed by atoms with Crippen molar-refractivity contribution in [1.82, 2.24) is 9.80 Å². The van der Waals surface area contributed by atoms with Crippen LogP contribution >= 0.6 is 23.2 Å². The van der Waals surface area contributed by atoms with Crippen LogP contribution in [0, 0.1) is 10.1 Å². The van der Waals surface area contributed by atoms with Gasteiger partial charge in [-0.15, -0.1) is 0 Å². The first-order chi connectivity index (χ1) is 21.4. The summed E-state index contributed by atoms with van der Waals surface area (Å²) in [6, 6.07) is 9.53. The van der Waals surface area contributed by atoms with Crippen molar-refractivity contribution in [1.29, 1.82) is 0 Å². The first kappa shape index (κ1) is 36.8. The number of carbonyl (C=O) groups excluding carboxylic acids is 2. The largest absolute Gasteiger partial charge is 0.488 e. The number of halogens is 2. The number of amides is 2. The lowest BCUT2D eigenvalue weighted by Gasteiger charge is -2.33. The molecule has 14 heteroatoms. The van der Waals surface area contributed by atoms with Crippen LogP contribution in [0.5, 0.6) is 11.5 Å². The number of rotatable bonds is 5. The van der Waals surface area contributed by atoms with Crippen LogP contribution in [0.3, 0.4) is 0 Å². The van der Waals surface area contributed by atoms with Gasteiger partial charge in [0.2, 0.25) is 0 Å². The standard InChI is InChI=1S/C16H21ClN2O5.C16H23ClN2O3/c1-16(2,3)24-15(20)18-8-6-12(7-9-18)23-14-5-4-11(17)10-13(14)19(21)22;1-16(2,3)22-15(20)19-8-6-12(7-9-19)21-14-5-4-11(17)10-13(14)18/h4-5,10,12H,6-9H2,1-3H3;4-5,10,12H,6-9,18H2,1-3H3. The molecule has 2 aliphatic rings. The van der Waals surface area contributed by atoms with Gasteiger partial charge in [0.25, 0.3) is 0 Å². The van der Waals surface area contributed by atoms with E-state index in [9.17, 15) is 19.7 Å². The third kappa shape index (κ3) is 11.9. The summed E-state index contributed by atoms with van der Waals surface area (Å²) < 4.78 is 22.4. The monoisotopic (exact) mass is 682 g/mol. The van der Waals surface area contributed by atoms with Gasteiger partial charge in [-0.1, -0.05) is 23.2 Å². The number of nitro benzene ring substituents is 1. The van der Waals surface area contributed by atoms with E-state index in [1.165, 1.54) is 12.1 Å². The van der Waals surface area contributed by atoms with Crippen molar-refractivity contribution < 1.29 is 33.5 Å². The Bertz CT molecular complexity index is 1360. The molecule has 2 heterocycles. The van der Waals surface area contributed by atoms with Crippen molar-refractivity contribution in [3.05, 3.63) is 56.6 Å². The summed E-state index contributed by atoms with van der Waals surface area (Å²) in [7, 11) is 0. The van der Waals surface area contributed by atoms with Crippen molar-refractivity contribution in [3.63, 3.8) is 0 Å². The Balaban J connectivity index is 0.000000251. The van der Waals surface area contributed by atoms with Gasteiger partial charge in [-0.2, -0.15) is 0 Å². The molecule has 46 heavy (non-hydrogen) atoms. The van der Waals surface area contributed by atoms with E-state index in [0.717, 1.165) is 12.8 Å². The number of likely N-dealkylation sites (tertiary alicyclic amines) is 2. The van der Waals surface area contributed by atoms with Crippen LogP contribution < -0.4 is 15.2 Å². The zero-order valence-corrected chi connectivity index (χ0v) is 28.7. The SMILES string of the molecule is CC(C)(C)OC(=O)N1CCC(Oc2ccc(Cl)cc2N)CC1.CC(C)(C)OC(=O)N1CCC(Oc2ccc(Cl)cc2[N+](=O)[O-])CC1. The second kappa shape index (κ2) is 15.8. The lowest BCUT2D eigenvalue weighted by Crippen LogP contribution is -2.44. The van der Waals surface area contributed by atoms with Gasteiger partial charge in [-0.05, 0) is 71.9 Å². The van der Waals surface area contributed by atoms with E-state index in [-0.39, 0.29) is 40.9 Å². The van der Waals surface area contributed by atoms with E-state index >= 15 is 0 Å². The molecule has 0 atom stereocenters. The first-order valence-corrected chi connectivity index (χ1v) is 15.9. The molecule has 2 aromatic carbocycles. The van der Waals surface area contributed by atoms with Crippen LogP contribution in [-0.2, 0) is 9.47 Å². The molecule has 0 spiro atoms. The predicted octanol–water partition coefficient (Wildman–Crippen LogP) is 7.73. The average molecular weight is 684 g/mol. The molecule has 0 aliphatic carbocycles. The molecule has 0 aromatic heterocycles. The summed E-state index contributed by atoms with van der Waals surface area (Å²) in [5.41, 5.74) is 5.26. The van der Waals surface area contributed by atoms with Gasteiger partial charge < -0.3 is 34.5 Å². The minimum absolute atomic E-state index is 0.0437. The molecule has 0 radical (unpaired) electrons. The predicted molar refractivity (Wildman–Crippen MR) is 177 cm³/mol. The van der Waals surface area contributed by atoms with Gasteiger partial charge >= 0.3 is 17.9 Å². The average Bonchev–Trinajstić information content (AvgIpc) is 2.94. The number of nitro groups is 1. The summed E-state index contributed by atoms with van der Waals surface area (Å²) in [5.74, 6) is 0.834. The van der Waals surface area contributed by atoms with Crippen molar-refractivity contribution in [3.8, 4) is 11.5 Å². The number of nitrogen functional groups attached to an aromatic ring is 1. The Hall–Kier alpha value is -3.64. The fourth-order valence-corrected chi connectivity index (χ4v) is 5.03. The zero-order chi connectivity index (χ0) is 34.2. The van der Waals surface area contributed by atoms with E-state index in [4.69, 9.17) is 47.9 Å². The van der Waals surface area contributed by atoms with Crippen LogP contribution in [0.4, 0.5) is 21.0 Å². The number of ether oxygens (including phenoxy) is 4. The van der Waals surface area contributed by atoms with Crippen LogP contribution in [0.2, 0.25) is 10.0 Å². The highest BCUT2D eigenvalue weighted by molar-refractivity contribution is 6.31. The Morgan fingerprint density at radius 3 is 1.54 bits per heavy atom. The second-order valence-electron chi connectivity index (χ2n) is 13.1. The minimum Gasteiger partial charge on any atom is -0.488 e. The van der Waals surface area contributed by atoms with E-state index in [1.807, 2.05) is 41.5 Å². The maximum absolute atomic E-state index is 12.0. The zero-order valence-electron chi connectivity index (χ0n) is 27.2. The number of nitrogens with two attached hydrogens (primary N) is 1. The topological polar surface area (TPSA) is 147 Å². The third-order valence-electron chi connectivity index (χ3n) is 6.86. The Morgan fingerprint density at radius 2 is 1.15 bits per heavy atom. The summed E-state index contributed by atoms with van der Waals surface area (Å²) in [6.45, 7) is 13.3. The first-order valence-electron chi connectivity index (χ1n) is 15.2. The van der Waals surface area contributed by atoms with Gasteiger partial charge in [-0.25, -0.2) is 9.59 Å². The number of benzene rings is 2. The maximum Gasteiger partial charge on any atom is 0.410 e. The normalized spacial score (nSPS) is 16.2. The van der Waals surface area contributed by atoms with Crippen LogP contribution in [0.15, 0.2) is 36.4 Å². The van der Waals surface area contributed by atoms with Gasteiger partial charge in [0, 0.05) is 68.0 Å². The van der Waals surface area contributed by atoms with Gasteiger partial charge in [0.05, 0.1) is 10.6 Å². The summed E-state index contributed by atoms with van der Waals surface area (Å²) in [4.78, 5) is 37.9. The molecule has 0 unspecified atom stereocenters. The highest BCUT2D eigenvalue weighted by Gasteiger charge is 2.30. The molecule has 12 nitrogen and oxygen atoms in total. The van der Waals surface area contributed by atoms with E-state index in [2.05, 4.69) is 0 Å². The second-order valence-corrected chi connectivity index (χ2v) is 14.0. The summed E-state index contributed by atoms with van der Waals surface area (Å²) >= 11 is 11.7. The summed E-state index contributed by atoms with van der Waals surface area (Å²) in [6.07, 6.45) is 1.90. The van der Waals surface area contributed by atoms with Crippen molar-refractivity contribution in [2.75, 3.05) is 31.9 Å². The molecular weight excluding hydrogens is 639 g/mol. The Morgan fingerprint density at radius 1 is 0.761 bits per heavy atom. The molecule has 2 N–H and O–H groups in total. The van der Waals surface area contributed by atoms with Gasteiger partial charge in [0.15, 0.2) is 5.75 Å². The van der Waals surface area contributed by atoms with Gasteiger partial charge in [0.1, 0.15) is 29.2 Å². The molecule has 2 saturated heterocycles. The molecule has 2 amide bonds. The number of anilines is 1. The van der Waals surface area contributed by atoms with E-state index in [0.29, 0.717) is 55.5 Å². The fraction of sp³-hybridized carbons (Fsp3) is 0.562. The molecule has 2 fully saturated rings. The minimum atomic E-state index is -0.533.